The van der Waals surface area contributed by atoms with Gasteiger partial charge < -0.3 is 25.0 Å². The molecular weight excluding hydrogens is 693 g/mol. The summed E-state index contributed by atoms with van der Waals surface area (Å²) >= 11 is 0. The number of para-hydroxylation sites is 1. The number of nitrogens with one attached hydrogen (secondary N) is 4. The lowest BCUT2D eigenvalue weighted by Gasteiger charge is -2.41. The van der Waals surface area contributed by atoms with E-state index in [2.05, 4.69) is 21.9 Å². The third-order valence-electron chi connectivity index (χ3n) is 12.6. The number of amidine groups is 1. The maximum Gasteiger partial charge on any atom is 0.408 e. The number of aromatic nitrogens is 1. The molecule has 5 aliphatic rings. The minimum Gasteiger partial charge on any atom is -0.487 e. The van der Waals surface area contributed by atoms with Crippen LogP contribution in [0, 0.1) is 17.2 Å². The molecule has 1 aromatic carbocycles. The molecule has 53 heavy (non-hydrogen) atoms. The van der Waals surface area contributed by atoms with E-state index < -0.39 is 45.4 Å². The van der Waals surface area contributed by atoms with Crippen LogP contribution >= 0.6 is 0 Å². The normalized spacial score (nSPS) is 27.5. The van der Waals surface area contributed by atoms with Crippen molar-refractivity contribution in [2.45, 2.75) is 145 Å². The average Bonchev–Trinajstić information content (AvgIpc) is 4.01. The molecule has 4 fully saturated rings. The number of hydrogen-bond donors (Lipinski definition) is 4. The van der Waals surface area contributed by atoms with E-state index in [9.17, 15) is 23.4 Å². The van der Waals surface area contributed by atoms with Crippen LogP contribution in [0.25, 0.3) is 10.9 Å². The second-order valence-corrected chi connectivity index (χ2v) is 18.5. The molecule has 288 valence electrons. The molecule has 1 aromatic heterocycles. The number of carbonyl (C=O) groups is 2. The number of aryl methyl sites for hydroxylation is 1. The van der Waals surface area contributed by atoms with Crippen LogP contribution in [0.4, 0.5) is 4.79 Å². The summed E-state index contributed by atoms with van der Waals surface area (Å²) in [5, 5.41) is 16.5. The van der Waals surface area contributed by atoms with Gasteiger partial charge in [0.05, 0.1) is 28.4 Å². The largest absolute Gasteiger partial charge is 0.487 e. The molecule has 2 heterocycles. The Bertz CT molecular complexity index is 1880. The molecule has 0 spiro atoms. The molecule has 0 bridgehead atoms. The summed E-state index contributed by atoms with van der Waals surface area (Å²) in [4.78, 5) is 34.7. The number of alkyl carbamates (subject to hydrolysis) is 1. The zero-order chi connectivity index (χ0) is 37.7. The molecule has 5 unspecified atom stereocenters. The van der Waals surface area contributed by atoms with E-state index in [4.69, 9.17) is 14.5 Å². The van der Waals surface area contributed by atoms with Crippen molar-refractivity contribution < 1.29 is 27.5 Å². The first kappa shape index (κ1) is 37.6. The lowest BCUT2D eigenvalue weighted by molar-refractivity contribution is -0.125. The molecule has 3 saturated carbocycles. The minimum atomic E-state index is -3.52. The third-order valence-corrected chi connectivity index (χ3v) is 14.6. The number of sulfonamides is 1. The van der Waals surface area contributed by atoms with Gasteiger partial charge in [0, 0.05) is 35.0 Å². The second-order valence-electron chi connectivity index (χ2n) is 16.5. The molecule has 7 rings (SSSR count). The molecule has 2 amide bonds. The summed E-state index contributed by atoms with van der Waals surface area (Å²) in [6.07, 6.45) is 10.3. The molecule has 1 saturated heterocycles. The van der Waals surface area contributed by atoms with E-state index in [1.807, 2.05) is 45.0 Å². The van der Waals surface area contributed by atoms with Gasteiger partial charge in [0.15, 0.2) is 0 Å². The Balaban J connectivity index is 1.19. The number of carbonyl (C=O) groups excluding carboxylic acids is 2. The van der Waals surface area contributed by atoms with Crippen molar-refractivity contribution >= 4 is 38.8 Å². The topological polar surface area (TPSA) is 163 Å². The summed E-state index contributed by atoms with van der Waals surface area (Å²) in [6.45, 7) is 11.7. The molecule has 1 aliphatic heterocycles. The third kappa shape index (κ3) is 7.39. The Morgan fingerprint density at radius 1 is 1.08 bits per heavy atom. The fourth-order valence-electron chi connectivity index (χ4n) is 8.67. The first-order valence-electron chi connectivity index (χ1n) is 19.6. The van der Waals surface area contributed by atoms with Crippen molar-refractivity contribution in [1.82, 2.24) is 25.2 Å². The first-order chi connectivity index (χ1) is 25.3. The Labute approximate surface area is 313 Å². The van der Waals surface area contributed by atoms with Crippen molar-refractivity contribution in [3.63, 3.8) is 0 Å². The van der Waals surface area contributed by atoms with Gasteiger partial charge in [0.1, 0.15) is 29.8 Å². The Kier molecular flexibility index (Phi) is 10.3. The zero-order valence-corrected chi connectivity index (χ0v) is 32.4. The number of benzene rings is 1. The number of nitrogens with zero attached hydrogens (tertiary/aromatic N) is 2. The number of pyridine rings is 1. The Morgan fingerprint density at radius 2 is 1.79 bits per heavy atom. The fourth-order valence-corrected chi connectivity index (χ4v) is 10.3. The van der Waals surface area contributed by atoms with Crippen molar-refractivity contribution in [3.8, 4) is 5.75 Å². The maximum atomic E-state index is 14.6. The van der Waals surface area contributed by atoms with Crippen LogP contribution in [0.1, 0.15) is 103 Å². The van der Waals surface area contributed by atoms with Gasteiger partial charge in [0.25, 0.3) is 0 Å². The van der Waals surface area contributed by atoms with Crippen molar-refractivity contribution in [3.05, 3.63) is 48.2 Å². The quantitative estimate of drug-likeness (QED) is 0.118. The van der Waals surface area contributed by atoms with Crippen LogP contribution in [0.3, 0.4) is 0 Å². The average molecular weight is 749 g/mol. The van der Waals surface area contributed by atoms with Gasteiger partial charge in [-0.15, -0.1) is 6.58 Å². The fraction of sp³-hybridized carbons (Fsp3) is 0.650. The van der Waals surface area contributed by atoms with E-state index in [1.165, 1.54) is 0 Å². The highest BCUT2D eigenvalue weighted by atomic mass is 32.2. The zero-order valence-electron chi connectivity index (χ0n) is 31.6. The minimum absolute atomic E-state index is 0.0938. The van der Waals surface area contributed by atoms with E-state index in [1.54, 1.807) is 17.9 Å². The van der Waals surface area contributed by atoms with E-state index >= 15 is 0 Å². The molecule has 12 nitrogen and oxygen atoms in total. The van der Waals surface area contributed by atoms with Gasteiger partial charge in [-0.25, -0.2) is 17.9 Å². The predicted molar refractivity (Wildman–Crippen MR) is 204 cm³/mol. The number of amides is 2. The first-order valence-corrected chi connectivity index (χ1v) is 21.2. The van der Waals surface area contributed by atoms with Crippen LogP contribution < -0.4 is 20.1 Å². The van der Waals surface area contributed by atoms with Gasteiger partial charge in [-0.05, 0) is 103 Å². The Hall–Kier alpha value is -3.71. The van der Waals surface area contributed by atoms with E-state index in [0.717, 1.165) is 79.3 Å². The number of rotatable bonds is 13. The molecule has 13 heteroatoms. The highest BCUT2D eigenvalue weighted by Crippen LogP contribution is 2.48. The number of ether oxygens (including phenoxy) is 2. The Morgan fingerprint density at radius 3 is 2.47 bits per heavy atom. The lowest BCUT2D eigenvalue weighted by Crippen LogP contribution is -2.64. The number of likely N-dealkylation sites (tertiary alicyclic amines) is 1. The van der Waals surface area contributed by atoms with Gasteiger partial charge >= 0.3 is 6.09 Å². The molecule has 2 aromatic rings. The summed E-state index contributed by atoms with van der Waals surface area (Å²) in [5.74, 6) is 0.233. The van der Waals surface area contributed by atoms with Crippen molar-refractivity contribution in [2.75, 3.05) is 6.54 Å². The lowest BCUT2D eigenvalue weighted by atomic mass is 9.86. The van der Waals surface area contributed by atoms with Crippen LogP contribution in [0.15, 0.2) is 36.9 Å². The highest BCUT2D eigenvalue weighted by molar-refractivity contribution is 7.90. The summed E-state index contributed by atoms with van der Waals surface area (Å²) < 4.78 is 41.6. The van der Waals surface area contributed by atoms with Crippen LogP contribution in [0.5, 0.6) is 5.75 Å². The SMILES string of the molecule is C=CC1CC1(NC(=O)[C@@H]1CC(Oc2c3c(nc4ccccc24)CCCC3)CN1C(=N)C(C)(NC(=O)OC1CCCC1)C(C)C)C(C)NS(=O)(=O)C1CC1. The second kappa shape index (κ2) is 14.5. The predicted octanol–water partition coefficient (Wildman–Crippen LogP) is 5.53. The van der Waals surface area contributed by atoms with Gasteiger partial charge in [0.2, 0.25) is 15.9 Å². The van der Waals surface area contributed by atoms with Crippen molar-refractivity contribution in [1.29, 1.82) is 5.41 Å². The van der Waals surface area contributed by atoms with Crippen LogP contribution in [-0.4, -0.2) is 83.3 Å². The van der Waals surface area contributed by atoms with Gasteiger partial charge in [-0.1, -0.05) is 32.1 Å². The van der Waals surface area contributed by atoms with Crippen LogP contribution in [0.2, 0.25) is 0 Å². The molecule has 6 atom stereocenters. The monoisotopic (exact) mass is 748 g/mol. The van der Waals surface area contributed by atoms with Gasteiger partial charge in [-0.3, -0.25) is 15.2 Å². The molecule has 4 N–H and O–H groups in total. The summed E-state index contributed by atoms with van der Waals surface area (Å²) in [7, 11) is -3.52. The summed E-state index contributed by atoms with van der Waals surface area (Å²) in [6, 6.07) is 6.59. The smallest absolute Gasteiger partial charge is 0.408 e. The standard InChI is InChI=1S/C40H56N6O6S/c1-6-26-22-40(26,25(4)45-53(49,50)29-19-20-29)43-36(47)34-21-28(51-35-30-15-9-11-17-32(30)42-33-18-12-10-16-31(33)35)23-46(34)37(41)39(5,24(2)3)44-38(48)52-27-13-7-8-14-27/h6,9,11,15,17,24-29,34,41,45H,1,7-8,10,12-14,16,18-23H2,2-5H3,(H,43,47)(H,44,48)/t25?,26?,28?,34-,39?,40?/m0/s1. The van der Waals surface area contributed by atoms with E-state index in [0.29, 0.717) is 19.3 Å². The van der Waals surface area contributed by atoms with Crippen LogP contribution in [-0.2, 0) is 32.4 Å². The highest BCUT2D eigenvalue weighted by Gasteiger charge is 2.60. The van der Waals surface area contributed by atoms with E-state index in [-0.39, 0.29) is 47.9 Å². The summed E-state index contributed by atoms with van der Waals surface area (Å²) in [5.41, 5.74) is 1.01. The molecule has 4 aliphatic carbocycles. The maximum absolute atomic E-state index is 14.6. The van der Waals surface area contributed by atoms with Crippen molar-refractivity contribution in [2.24, 2.45) is 11.8 Å². The molecule has 0 radical (unpaired) electrons. The van der Waals surface area contributed by atoms with Gasteiger partial charge in [-0.2, -0.15) is 0 Å². The molecular formula is C40H56N6O6S. The number of hydrogen-bond acceptors (Lipinski definition) is 8. The number of fused-ring (bicyclic) bond motifs is 2.